The molecular weight excluding hydrogens is 300 g/mol. The molecule has 0 amide bonds. The van der Waals surface area contributed by atoms with Crippen LogP contribution >= 0.6 is 0 Å². The average molecular weight is 310 g/mol. The van der Waals surface area contributed by atoms with Crippen LogP contribution in [0.4, 0.5) is 0 Å². The van der Waals surface area contributed by atoms with Crippen LogP contribution in [0.1, 0.15) is 19.8 Å². The molecule has 0 aliphatic heterocycles. The molecule has 0 aromatic heterocycles. The topological polar surface area (TPSA) is 29.1 Å². The van der Waals surface area contributed by atoms with Gasteiger partial charge in [-0.15, -0.1) is 0 Å². The van der Waals surface area contributed by atoms with E-state index in [0.717, 1.165) is 19.4 Å². The van der Waals surface area contributed by atoms with Crippen LogP contribution in [0, 0.1) is 25.0 Å². The van der Waals surface area contributed by atoms with Crippen molar-refractivity contribution in [2.24, 2.45) is 0 Å². The molecule has 0 heterocycles. The molecule has 3 heteroatoms. The van der Waals surface area contributed by atoms with Gasteiger partial charge in [-0.3, -0.25) is 0 Å². The SMILES string of the molecule is CC(=O)CCCN[At]. The molecule has 48 valence electrons. The predicted octanol–water partition coefficient (Wildman–Crippen LogP) is 0.410. The van der Waals surface area contributed by atoms with Gasteiger partial charge in [0.05, 0.1) is 0 Å². The molecule has 8 heavy (non-hydrogen) atoms. The van der Waals surface area contributed by atoms with E-state index in [2.05, 4.69) is 3.26 Å². The predicted molar refractivity (Wildman–Crippen MR) is 27.9 cm³/mol. The van der Waals surface area contributed by atoms with Gasteiger partial charge in [-0.2, -0.15) is 0 Å². The number of carbonyl (C=O) groups is 1. The number of hydrogen-bond acceptors (Lipinski definition) is 2. The first kappa shape index (κ1) is 8.51. The van der Waals surface area contributed by atoms with Crippen LogP contribution in [0.25, 0.3) is 0 Å². The second-order valence-electron chi connectivity index (χ2n) is 1.69. The second-order valence-corrected chi connectivity index (χ2v) is 2.73. The quantitative estimate of drug-likeness (QED) is 0.762. The molecule has 0 fully saturated rings. The molecule has 0 unspecified atom stereocenters. The minimum atomic E-state index is 0.284. The number of carbonyl (C=O) groups excluding carboxylic acids is 1. The van der Waals surface area contributed by atoms with E-state index in [9.17, 15) is 4.79 Å². The Kier molecular flexibility index (Phi) is 6.01. The number of hydrogen-bond donors (Lipinski definition) is 1. The van der Waals surface area contributed by atoms with E-state index in [1.54, 1.807) is 31.9 Å². The van der Waals surface area contributed by atoms with Gasteiger partial charge in [-0.1, -0.05) is 0 Å². The van der Waals surface area contributed by atoms with Crippen LogP contribution in [-0.4, -0.2) is 12.3 Å². The molecular formula is C5H10AtNO. The van der Waals surface area contributed by atoms with Crippen LogP contribution < -0.4 is 3.26 Å². The van der Waals surface area contributed by atoms with Gasteiger partial charge in [0.25, 0.3) is 0 Å². The molecule has 0 atom stereocenters. The van der Waals surface area contributed by atoms with E-state index >= 15 is 0 Å². The Labute approximate surface area is 65.3 Å². The number of rotatable bonds is 4. The summed E-state index contributed by atoms with van der Waals surface area (Å²) >= 11 is 1.55. The first-order valence-electron chi connectivity index (χ1n) is 2.60. The van der Waals surface area contributed by atoms with E-state index < -0.39 is 0 Å². The van der Waals surface area contributed by atoms with Crippen molar-refractivity contribution in [1.29, 1.82) is 0 Å². The Bertz CT molecular complexity index is 74.8. The molecule has 0 saturated carbocycles. The van der Waals surface area contributed by atoms with Gasteiger partial charge in [0.15, 0.2) is 0 Å². The van der Waals surface area contributed by atoms with Crippen LogP contribution in [0.5, 0.6) is 0 Å². The fourth-order valence-corrected chi connectivity index (χ4v) is 0.924. The van der Waals surface area contributed by atoms with Crippen molar-refractivity contribution in [3.63, 3.8) is 0 Å². The number of Topliss-reactive ketones (excluding diaryl/α,β-unsaturated/α-hetero) is 1. The molecule has 0 saturated heterocycles. The summed E-state index contributed by atoms with van der Waals surface area (Å²) < 4.78 is 3.03. The summed E-state index contributed by atoms with van der Waals surface area (Å²) in [5.41, 5.74) is 0. The van der Waals surface area contributed by atoms with Gasteiger partial charge >= 0.3 is 65.2 Å². The monoisotopic (exact) mass is 310 g/mol. The third kappa shape index (κ3) is 6.51. The Morgan fingerprint density at radius 3 is 2.75 bits per heavy atom. The molecule has 0 aromatic rings. The number of ketones is 1. The molecule has 0 spiro atoms. The second kappa shape index (κ2) is 5.65. The van der Waals surface area contributed by atoms with Crippen molar-refractivity contribution in [2.75, 3.05) is 6.54 Å². The Hall–Kier alpha value is 0.513. The fraction of sp³-hybridized carbons (Fsp3) is 0.800. The Morgan fingerprint density at radius 1 is 1.75 bits per heavy atom. The summed E-state index contributed by atoms with van der Waals surface area (Å²) in [6, 6.07) is 0. The van der Waals surface area contributed by atoms with Gasteiger partial charge < -0.3 is 0 Å². The zero-order valence-electron chi connectivity index (χ0n) is 4.91. The molecule has 0 bridgehead atoms. The maximum atomic E-state index is 10.3. The summed E-state index contributed by atoms with van der Waals surface area (Å²) in [5, 5.41) is 0. The van der Waals surface area contributed by atoms with E-state index in [1.807, 2.05) is 0 Å². The molecule has 0 radical (unpaired) electrons. The molecule has 1 N–H and O–H groups in total. The van der Waals surface area contributed by atoms with Gasteiger partial charge in [0, 0.05) is 0 Å². The summed E-state index contributed by atoms with van der Waals surface area (Å²) in [4.78, 5) is 10.3. The van der Waals surface area contributed by atoms with E-state index in [4.69, 9.17) is 0 Å². The van der Waals surface area contributed by atoms with Gasteiger partial charge in [-0.05, 0) is 0 Å². The van der Waals surface area contributed by atoms with E-state index in [0.29, 0.717) is 0 Å². The Balaban J connectivity index is 2.82. The zero-order valence-corrected chi connectivity index (χ0v) is 7.85. The normalized spacial score (nSPS) is 9.25. The van der Waals surface area contributed by atoms with Crippen molar-refractivity contribution < 1.29 is 29.8 Å². The maximum absolute atomic E-state index is 10.3. The van der Waals surface area contributed by atoms with Crippen molar-refractivity contribution in [3.8, 4) is 0 Å². The zero-order chi connectivity index (χ0) is 6.41. The Morgan fingerprint density at radius 2 is 2.38 bits per heavy atom. The van der Waals surface area contributed by atoms with Crippen molar-refractivity contribution in [3.05, 3.63) is 0 Å². The van der Waals surface area contributed by atoms with Gasteiger partial charge in [-0.25, -0.2) is 0 Å². The number of nitrogens with one attached hydrogen (secondary N) is 1. The fourth-order valence-electron chi connectivity index (χ4n) is 0.404. The molecule has 0 aromatic carbocycles. The van der Waals surface area contributed by atoms with Crippen molar-refractivity contribution >= 4 is 5.78 Å². The first-order valence-corrected chi connectivity index (χ1v) is 4.07. The van der Waals surface area contributed by atoms with Crippen LogP contribution in [0.3, 0.4) is 0 Å². The summed E-state index contributed by atoms with van der Waals surface area (Å²) in [7, 11) is 0. The minimum absolute atomic E-state index is 0.284. The van der Waals surface area contributed by atoms with Crippen LogP contribution in [-0.2, 0) is 4.79 Å². The standard InChI is InChI=1S/C5H10AtNO/c1-5(8)3-2-4-7-6/h7H,2-4H2,1H3. The van der Waals surface area contributed by atoms with Crippen molar-refractivity contribution in [2.45, 2.75) is 19.8 Å². The van der Waals surface area contributed by atoms with Crippen LogP contribution in [0.15, 0.2) is 0 Å². The molecule has 0 aliphatic carbocycles. The molecule has 0 aliphatic rings. The van der Waals surface area contributed by atoms with E-state index in [-0.39, 0.29) is 5.78 Å². The first-order chi connectivity index (χ1) is 3.77. The van der Waals surface area contributed by atoms with Gasteiger partial charge in [0.2, 0.25) is 0 Å². The summed E-state index contributed by atoms with van der Waals surface area (Å²) in [6.07, 6.45) is 1.70. The molecule has 2 nitrogen and oxygen atoms in total. The summed E-state index contributed by atoms with van der Waals surface area (Å²) in [6.45, 7) is 2.59. The third-order valence-corrected chi connectivity index (χ3v) is 1.53. The third-order valence-electron chi connectivity index (χ3n) is 0.800. The summed E-state index contributed by atoms with van der Waals surface area (Å²) in [5.74, 6) is 0.284. The van der Waals surface area contributed by atoms with Crippen molar-refractivity contribution in [1.82, 2.24) is 3.26 Å². The van der Waals surface area contributed by atoms with E-state index in [1.165, 1.54) is 0 Å². The molecule has 0 rings (SSSR count). The van der Waals surface area contributed by atoms with Gasteiger partial charge in [0.1, 0.15) is 0 Å². The average Bonchev–Trinajstić information content (AvgIpc) is 1.66. The van der Waals surface area contributed by atoms with Crippen LogP contribution in [0.2, 0.25) is 0 Å².